The normalized spacial score (nSPS) is 17.2. The summed E-state index contributed by atoms with van der Waals surface area (Å²) in [5, 5.41) is 0. The molecule has 0 aliphatic heterocycles. The van der Waals surface area contributed by atoms with Gasteiger partial charge < -0.3 is 14.2 Å². The molecular weight excluding hydrogens is 460 g/mol. The van der Waals surface area contributed by atoms with E-state index in [0.717, 1.165) is 43.3 Å². The SMILES string of the molecule is C=CCCCCCCOc1ccc(C(=O)Oc2ccc(OC[C@H]3CC[C@H](CCCCC)CC3)cc2)cc1. The third kappa shape index (κ3) is 11.0. The van der Waals surface area contributed by atoms with Gasteiger partial charge in [-0.25, -0.2) is 4.79 Å². The molecule has 1 fully saturated rings. The minimum absolute atomic E-state index is 0.377. The lowest BCUT2D eigenvalue weighted by molar-refractivity contribution is 0.0734. The van der Waals surface area contributed by atoms with Crippen LogP contribution in [-0.2, 0) is 0 Å². The molecule has 3 rings (SSSR count). The topological polar surface area (TPSA) is 44.8 Å². The zero-order chi connectivity index (χ0) is 26.1. The molecule has 2 aromatic carbocycles. The van der Waals surface area contributed by atoms with Crippen LogP contribution in [0.4, 0.5) is 0 Å². The Balaban J connectivity index is 1.33. The number of benzene rings is 2. The second-order valence-electron chi connectivity index (χ2n) is 10.4. The first-order chi connectivity index (χ1) is 18.2. The van der Waals surface area contributed by atoms with Gasteiger partial charge >= 0.3 is 5.97 Å². The van der Waals surface area contributed by atoms with Crippen LogP contribution in [0.5, 0.6) is 17.2 Å². The summed E-state index contributed by atoms with van der Waals surface area (Å²) in [5.74, 6) is 3.30. The zero-order valence-corrected chi connectivity index (χ0v) is 22.8. The van der Waals surface area contributed by atoms with E-state index in [2.05, 4.69) is 13.5 Å². The van der Waals surface area contributed by atoms with Crippen molar-refractivity contribution in [3.05, 3.63) is 66.7 Å². The number of esters is 1. The standard InChI is InChI=1S/C33H46O4/c1-3-5-7-8-9-11-25-35-30-19-17-29(18-20-30)33(34)37-32-23-21-31(22-24-32)36-26-28-15-13-27(14-16-28)12-10-6-4-2/h3,17-24,27-28H,1,4-16,25-26H2,2H3/t27-,28-. The Labute approximate surface area is 224 Å². The average Bonchev–Trinajstić information content (AvgIpc) is 2.93. The second-order valence-corrected chi connectivity index (χ2v) is 10.4. The van der Waals surface area contributed by atoms with Crippen molar-refractivity contribution in [3.8, 4) is 17.2 Å². The predicted molar refractivity (Wildman–Crippen MR) is 152 cm³/mol. The molecule has 2 aromatic rings. The molecule has 0 spiro atoms. The van der Waals surface area contributed by atoms with Gasteiger partial charge in [-0.2, -0.15) is 0 Å². The minimum Gasteiger partial charge on any atom is -0.494 e. The van der Waals surface area contributed by atoms with E-state index in [1.807, 2.05) is 30.3 Å². The van der Waals surface area contributed by atoms with E-state index in [1.165, 1.54) is 64.2 Å². The number of carbonyl (C=O) groups excluding carboxylic acids is 1. The molecule has 0 atom stereocenters. The first-order valence-corrected chi connectivity index (χ1v) is 14.5. The van der Waals surface area contributed by atoms with Crippen molar-refractivity contribution < 1.29 is 19.0 Å². The third-order valence-corrected chi connectivity index (χ3v) is 7.36. The number of ether oxygens (including phenoxy) is 3. The highest BCUT2D eigenvalue weighted by Gasteiger charge is 2.21. The lowest BCUT2D eigenvalue weighted by atomic mass is 9.80. The van der Waals surface area contributed by atoms with Crippen molar-refractivity contribution in [2.24, 2.45) is 11.8 Å². The van der Waals surface area contributed by atoms with Gasteiger partial charge in [0.1, 0.15) is 17.2 Å². The quantitative estimate of drug-likeness (QED) is 0.0928. The molecule has 37 heavy (non-hydrogen) atoms. The van der Waals surface area contributed by atoms with Crippen LogP contribution in [0.3, 0.4) is 0 Å². The summed E-state index contributed by atoms with van der Waals surface area (Å²) in [6.07, 6.45) is 18.3. The van der Waals surface area contributed by atoms with E-state index in [1.54, 1.807) is 24.3 Å². The van der Waals surface area contributed by atoms with Gasteiger partial charge in [-0.1, -0.05) is 64.4 Å². The van der Waals surface area contributed by atoms with Crippen molar-refractivity contribution in [2.75, 3.05) is 13.2 Å². The van der Waals surface area contributed by atoms with Gasteiger partial charge in [0.15, 0.2) is 0 Å². The van der Waals surface area contributed by atoms with Crippen LogP contribution in [-0.4, -0.2) is 19.2 Å². The maximum Gasteiger partial charge on any atom is 0.343 e. The van der Waals surface area contributed by atoms with Crippen molar-refractivity contribution in [1.82, 2.24) is 0 Å². The Morgan fingerprint density at radius 1 is 0.784 bits per heavy atom. The maximum atomic E-state index is 12.5. The smallest absolute Gasteiger partial charge is 0.343 e. The summed E-state index contributed by atoms with van der Waals surface area (Å²) < 4.78 is 17.4. The summed E-state index contributed by atoms with van der Waals surface area (Å²) in [4.78, 5) is 12.5. The monoisotopic (exact) mass is 506 g/mol. The van der Waals surface area contributed by atoms with E-state index in [0.29, 0.717) is 23.8 Å². The second kappa shape index (κ2) is 16.9. The highest BCUT2D eigenvalue weighted by Crippen LogP contribution is 2.32. The first-order valence-electron chi connectivity index (χ1n) is 14.5. The van der Waals surface area contributed by atoms with Crippen LogP contribution in [0.2, 0.25) is 0 Å². The number of unbranched alkanes of at least 4 members (excludes halogenated alkanes) is 6. The molecule has 0 aromatic heterocycles. The third-order valence-electron chi connectivity index (χ3n) is 7.36. The van der Waals surface area contributed by atoms with Gasteiger partial charge in [0.2, 0.25) is 0 Å². The van der Waals surface area contributed by atoms with Crippen LogP contribution < -0.4 is 14.2 Å². The Morgan fingerprint density at radius 2 is 1.41 bits per heavy atom. The zero-order valence-electron chi connectivity index (χ0n) is 22.8. The van der Waals surface area contributed by atoms with Gasteiger partial charge in [0.05, 0.1) is 18.8 Å². The van der Waals surface area contributed by atoms with Crippen molar-refractivity contribution in [1.29, 1.82) is 0 Å². The number of allylic oxidation sites excluding steroid dienone is 1. The fourth-order valence-corrected chi connectivity index (χ4v) is 4.98. The number of hydrogen-bond donors (Lipinski definition) is 0. The van der Waals surface area contributed by atoms with Crippen LogP contribution in [0.15, 0.2) is 61.2 Å². The summed E-state index contributed by atoms with van der Waals surface area (Å²) in [7, 11) is 0. The van der Waals surface area contributed by atoms with Crippen LogP contribution in [0.1, 0.15) is 101 Å². The fourth-order valence-electron chi connectivity index (χ4n) is 4.98. The molecule has 1 aliphatic carbocycles. The van der Waals surface area contributed by atoms with Gasteiger partial charge in [0.25, 0.3) is 0 Å². The molecule has 1 saturated carbocycles. The van der Waals surface area contributed by atoms with Gasteiger partial charge in [0, 0.05) is 0 Å². The molecule has 4 nitrogen and oxygen atoms in total. The number of carbonyl (C=O) groups is 1. The molecule has 0 radical (unpaired) electrons. The van der Waals surface area contributed by atoms with Crippen molar-refractivity contribution in [3.63, 3.8) is 0 Å². The molecule has 1 aliphatic rings. The van der Waals surface area contributed by atoms with Gasteiger partial charge in [-0.05, 0) is 92.5 Å². The molecule has 0 bridgehead atoms. The molecule has 0 heterocycles. The Hall–Kier alpha value is -2.75. The Kier molecular flexibility index (Phi) is 13.2. The Morgan fingerprint density at radius 3 is 2.11 bits per heavy atom. The van der Waals surface area contributed by atoms with E-state index in [-0.39, 0.29) is 5.97 Å². The molecule has 202 valence electrons. The summed E-state index contributed by atoms with van der Waals surface area (Å²) in [6, 6.07) is 14.5. The number of rotatable bonds is 17. The maximum absolute atomic E-state index is 12.5. The van der Waals surface area contributed by atoms with Crippen LogP contribution in [0, 0.1) is 11.8 Å². The first kappa shape index (κ1) is 28.8. The molecule has 4 heteroatoms. The highest BCUT2D eigenvalue weighted by molar-refractivity contribution is 5.91. The molecule has 0 N–H and O–H groups in total. The summed E-state index contributed by atoms with van der Waals surface area (Å²) >= 11 is 0. The molecule has 0 unspecified atom stereocenters. The summed E-state index contributed by atoms with van der Waals surface area (Å²) in [6.45, 7) is 7.48. The van der Waals surface area contributed by atoms with Crippen LogP contribution in [0.25, 0.3) is 0 Å². The number of hydrogen-bond acceptors (Lipinski definition) is 4. The summed E-state index contributed by atoms with van der Waals surface area (Å²) in [5.41, 5.74) is 0.502. The van der Waals surface area contributed by atoms with Gasteiger partial charge in [-0.3, -0.25) is 0 Å². The lowest BCUT2D eigenvalue weighted by Crippen LogP contribution is -2.20. The Bertz CT molecular complexity index is 895. The molecular formula is C33H46O4. The van der Waals surface area contributed by atoms with E-state index in [4.69, 9.17) is 14.2 Å². The molecule has 0 amide bonds. The molecule has 0 saturated heterocycles. The minimum atomic E-state index is -0.377. The highest BCUT2D eigenvalue weighted by atomic mass is 16.5. The van der Waals surface area contributed by atoms with Crippen molar-refractivity contribution in [2.45, 2.75) is 90.4 Å². The van der Waals surface area contributed by atoms with E-state index < -0.39 is 0 Å². The predicted octanol–water partition coefficient (Wildman–Crippen LogP) is 9.19. The van der Waals surface area contributed by atoms with Gasteiger partial charge in [-0.15, -0.1) is 6.58 Å². The van der Waals surface area contributed by atoms with E-state index >= 15 is 0 Å². The van der Waals surface area contributed by atoms with Crippen molar-refractivity contribution >= 4 is 5.97 Å². The van der Waals surface area contributed by atoms with E-state index in [9.17, 15) is 4.79 Å². The fraction of sp³-hybridized carbons (Fsp3) is 0.545. The largest absolute Gasteiger partial charge is 0.494 e. The average molecular weight is 507 g/mol. The van der Waals surface area contributed by atoms with Crippen LogP contribution >= 0.6 is 0 Å². The lowest BCUT2D eigenvalue weighted by Gasteiger charge is -2.28.